The molecule has 0 saturated carbocycles. The number of ether oxygens (including phenoxy) is 1. The molecule has 2 aromatic carbocycles. The van der Waals surface area contributed by atoms with Gasteiger partial charge in [-0.2, -0.15) is 0 Å². The summed E-state index contributed by atoms with van der Waals surface area (Å²) in [6.45, 7) is 4.09. The number of aromatic nitrogens is 1. The van der Waals surface area contributed by atoms with Crippen LogP contribution in [0.3, 0.4) is 0 Å². The molecule has 7 nitrogen and oxygen atoms in total. The van der Waals surface area contributed by atoms with Crippen LogP contribution in [0.25, 0.3) is 11.3 Å². The van der Waals surface area contributed by atoms with Gasteiger partial charge < -0.3 is 19.5 Å². The summed E-state index contributed by atoms with van der Waals surface area (Å²) >= 11 is 6.27. The number of benzene rings is 2. The third-order valence-corrected chi connectivity index (χ3v) is 5.48. The molecule has 4 rings (SSSR count). The number of hydrogen-bond donors (Lipinski definition) is 1. The van der Waals surface area contributed by atoms with Crippen LogP contribution in [0, 0.1) is 6.92 Å². The van der Waals surface area contributed by atoms with Crippen molar-refractivity contribution < 1.29 is 18.8 Å². The normalized spacial score (nSPS) is 13.8. The van der Waals surface area contributed by atoms with Crippen molar-refractivity contribution >= 4 is 29.1 Å². The first kappa shape index (κ1) is 21.1. The number of amides is 2. The zero-order valence-electron chi connectivity index (χ0n) is 17.1. The number of hydrogen-bond acceptors (Lipinski definition) is 5. The summed E-state index contributed by atoms with van der Waals surface area (Å²) in [5.41, 5.74) is 2.85. The highest BCUT2D eigenvalue weighted by atomic mass is 35.5. The number of halogens is 1. The van der Waals surface area contributed by atoms with Gasteiger partial charge in [0.1, 0.15) is 17.0 Å². The Labute approximate surface area is 184 Å². The molecule has 1 aliphatic rings. The highest BCUT2D eigenvalue weighted by Crippen LogP contribution is 2.31. The molecule has 2 amide bonds. The number of nitrogens with one attached hydrogen (secondary N) is 1. The monoisotopic (exact) mass is 439 g/mol. The Morgan fingerprint density at radius 1 is 1.10 bits per heavy atom. The second-order valence-corrected chi connectivity index (χ2v) is 7.67. The highest BCUT2D eigenvalue weighted by Gasteiger charge is 2.23. The van der Waals surface area contributed by atoms with E-state index in [-0.39, 0.29) is 11.8 Å². The largest absolute Gasteiger partial charge is 0.378 e. The molecule has 1 aromatic heterocycles. The maximum Gasteiger partial charge on any atom is 0.261 e. The van der Waals surface area contributed by atoms with E-state index in [9.17, 15) is 9.59 Å². The predicted molar refractivity (Wildman–Crippen MR) is 117 cm³/mol. The molecular formula is C23H22ClN3O4. The number of carbonyl (C=O) groups is 2. The first-order chi connectivity index (χ1) is 15.0. The number of aryl methyl sites for hydroxylation is 1. The fourth-order valence-electron chi connectivity index (χ4n) is 3.48. The minimum Gasteiger partial charge on any atom is -0.378 e. The van der Waals surface area contributed by atoms with Crippen LogP contribution in [0.1, 0.15) is 21.7 Å². The molecule has 1 fully saturated rings. The average Bonchev–Trinajstić information content (AvgIpc) is 3.17. The van der Waals surface area contributed by atoms with E-state index < -0.39 is 0 Å². The molecule has 0 spiro atoms. The van der Waals surface area contributed by atoms with E-state index in [4.69, 9.17) is 20.9 Å². The molecule has 1 N–H and O–H groups in total. The van der Waals surface area contributed by atoms with Crippen LogP contribution < -0.4 is 5.32 Å². The van der Waals surface area contributed by atoms with Crippen molar-refractivity contribution in [3.8, 4) is 11.3 Å². The summed E-state index contributed by atoms with van der Waals surface area (Å²) < 4.78 is 10.5. The van der Waals surface area contributed by atoms with Gasteiger partial charge in [-0.3, -0.25) is 9.59 Å². The van der Waals surface area contributed by atoms with Crippen LogP contribution in [0.2, 0.25) is 5.02 Å². The lowest BCUT2D eigenvalue weighted by Crippen LogP contribution is -2.41. The van der Waals surface area contributed by atoms with E-state index in [0.29, 0.717) is 66.0 Å². The molecule has 3 aromatic rings. The fourth-order valence-corrected chi connectivity index (χ4v) is 3.70. The van der Waals surface area contributed by atoms with Crippen molar-refractivity contribution in [2.24, 2.45) is 0 Å². The zero-order chi connectivity index (χ0) is 21.8. The van der Waals surface area contributed by atoms with Gasteiger partial charge in [-0.15, -0.1) is 0 Å². The average molecular weight is 440 g/mol. The van der Waals surface area contributed by atoms with E-state index in [0.717, 1.165) is 5.56 Å². The summed E-state index contributed by atoms with van der Waals surface area (Å²) in [5.74, 6) is 0.135. The smallest absolute Gasteiger partial charge is 0.261 e. The SMILES string of the molecule is Cc1onc(-c2ccccc2Cl)c1C(=O)Nc1ccc(CC(=O)N2CCOCC2)cc1. The van der Waals surface area contributed by atoms with Gasteiger partial charge in [-0.05, 0) is 30.7 Å². The molecule has 8 heteroatoms. The molecule has 0 bridgehead atoms. The molecule has 0 atom stereocenters. The van der Waals surface area contributed by atoms with Gasteiger partial charge in [0.2, 0.25) is 5.91 Å². The van der Waals surface area contributed by atoms with Gasteiger partial charge in [-0.25, -0.2) is 0 Å². The van der Waals surface area contributed by atoms with E-state index in [1.54, 1.807) is 31.2 Å². The van der Waals surface area contributed by atoms with Crippen molar-refractivity contribution in [2.45, 2.75) is 13.3 Å². The Morgan fingerprint density at radius 3 is 2.52 bits per heavy atom. The summed E-state index contributed by atoms with van der Waals surface area (Å²) in [6, 6.07) is 14.4. The molecule has 0 unspecified atom stereocenters. The molecule has 160 valence electrons. The van der Waals surface area contributed by atoms with E-state index in [2.05, 4.69) is 10.5 Å². The minimum atomic E-state index is -0.342. The van der Waals surface area contributed by atoms with Crippen molar-refractivity contribution in [1.82, 2.24) is 10.1 Å². The third-order valence-electron chi connectivity index (χ3n) is 5.15. The topological polar surface area (TPSA) is 84.7 Å². The third kappa shape index (κ3) is 4.78. The lowest BCUT2D eigenvalue weighted by molar-refractivity contribution is -0.134. The molecule has 1 saturated heterocycles. The standard InChI is InChI=1S/C23H22ClN3O4/c1-15-21(22(26-31-15)18-4-2-3-5-19(18)24)23(29)25-17-8-6-16(7-9-17)14-20(28)27-10-12-30-13-11-27/h2-9H,10-14H2,1H3,(H,25,29). The van der Waals surface area contributed by atoms with Crippen molar-refractivity contribution in [1.29, 1.82) is 0 Å². The van der Waals surface area contributed by atoms with Gasteiger partial charge >= 0.3 is 0 Å². The minimum absolute atomic E-state index is 0.0737. The van der Waals surface area contributed by atoms with Crippen LogP contribution in [0.15, 0.2) is 53.1 Å². The molecule has 1 aliphatic heterocycles. The second-order valence-electron chi connectivity index (χ2n) is 7.26. The molecule has 31 heavy (non-hydrogen) atoms. The maximum absolute atomic E-state index is 12.9. The number of anilines is 1. The number of nitrogens with zero attached hydrogens (tertiary/aromatic N) is 2. The van der Waals surface area contributed by atoms with Crippen molar-refractivity contribution in [2.75, 3.05) is 31.6 Å². The molecule has 2 heterocycles. The predicted octanol–water partition coefficient (Wildman–Crippen LogP) is 3.96. The lowest BCUT2D eigenvalue weighted by atomic mass is 10.1. The second kappa shape index (κ2) is 9.32. The maximum atomic E-state index is 12.9. The Hall–Kier alpha value is -3.16. The Balaban J connectivity index is 1.46. The Bertz CT molecular complexity index is 1090. The summed E-state index contributed by atoms with van der Waals surface area (Å²) in [6.07, 6.45) is 0.315. The number of morpholine rings is 1. The van der Waals surface area contributed by atoms with E-state index in [1.165, 1.54) is 0 Å². The van der Waals surface area contributed by atoms with E-state index in [1.807, 2.05) is 29.2 Å². The van der Waals surface area contributed by atoms with Crippen LogP contribution in [0.5, 0.6) is 0 Å². The van der Waals surface area contributed by atoms with E-state index >= 15 is 0 Å². The molecular weight excluding hydrogens is 418 g/mol. The van der Waals surface area contributed by atoms with Crippen LogP contribution >= 0.6 is 11.6 Å². The quantitative estimate of drug-likeness (QED) is 0.650. The summed E-state index contributed by atoms with van der Waals surface area (Å²) in [5, 5.41) is 7.38. The molecule has 0 radical (unpaired) electrons. The van der Waals surface area contributed by atoms with Gasteiger partial charge in [0.25, 0.3) is 5.91 Å². The lowest BCUT2D eigenvalue weighted by Gasteiger charge is -2.26. The Kier molecular flexibility index (Phi) is 6.34. The first-order valence-electron chi connectivity index (χ1n) is 10.00. The van der Waals surface area contributed by atoms with Crippen LogP contribution in [0.4, 0.5) is 5.69 Å². The van der Waals surface area contributed by atoms with Crippen LogP contribution in [-0.2, 0) is 16.0 Å². The summed E-state index contributed by atoms with van der Waals surface area (Å²) in [4.78, 5) is 27.1. The van der Waals surface area contributed by atoms with Gasteiger partial charge in [0.15, 0.2) is 0 Å². The van der Waals surface area contributed by atoms with Crippen molar-refractivity contribution in [3.63, 3.8) is 0 Å². The van der Waals surface area contributed by atoms with Gasteiger partial charge in [0, 0.05) is 24.3 Å². The Morgan fingerprint density at radius 2 is 1.81 bits per heavy atom. The number of carbonyl (C=O) groups excluding carboxylic acids is 2. The number of rotatable bonds is 5. The van der Waals surface area contributed by atoms with Gasteiger partial charge in [-0.1, -0.05) is 47.1 Å². The van der Waals surface area contributed by atoms with Crippen LogP contribution in [-0.4, -0.2) is 48.2 Å². The summed E-state index contributed by atoms with van der Waals surface area (Å²) in [7, 11) is 0. The van der Waals surface area contributed by atoms with Gasteiger partial charge in [0.05, 0.1) is 24.7 Å². The van der Waals surface area contributed by atoms with Crippen molar-refractivity contribution in [3.05, 3.63) is 70.4 Å². The molecule has 0 aliphatic carbocycles. The highest BCUT2D eigenvalue weighted by molar-refractivity contribution is 6.33. The fraction of sp³-hybridized carbons (Fsp3) is 0.261. The first-order valence-corrected chi connectivity index (χ1v) is 10.4. The zero-order valence-corrected chi connectivity index (χ0v) is 17.8.